The molecule has 4 heterocycles. The Morgan fingerprint density at radius 2 is 1.70 bits per heavy atom. The second kappa shape index (κ2) is 10.7. The molecular weight excluding hydrogens is 506 g/mol. The van der Waals surface area contributed by atoms with E-state index in [0.29, 0.717) is 49.4 Å². The van der Waals surface area contributed by atoms with Crippen LogP contribution in [0.5, 0.6) is 0 Å². The summed E-state index contributed by atoms with van der Waals surface area (Å²) >= 11 is 0. The van der Waals surface area contributed by atoms with E-state index in [2.05, 4.69) is 16.0 Å². The lowest BCUT2D eigenvalue weighted by Gasteiger charge is -2.27. The molecule has 0 saturated heterocycles. The largest absolute Gasteiger partial charge is 0.464 e. The van der Waals surface area contributed by atoms with Gasteiger partial charge < -0.3 is 18.8 Å². The van der Waals surface area contributed by atoms with Gasteiger partial charge in [0.1, 0.15) is 11.0 Å². The molecule has 3 aromatic heterocycles. The maximum atomic E-state index is 13.3. The van der Waals surface area contributed by atoms with Gasteiger partial charge in [-0.05, 0) is 75.2 Å². The number of aryl methyl sites for hydroxylation is 1. The van der Waals surface area contributed by atoms with Crippen molar-refractivity contribution in [3.63, 3.8) is 0 Å². The number of carbonyl (C=O) groups excluding carboxylic acids is 2. The van der Waals surface area contributed by atoms with Crippen LogP contribution in [-0.4, -0.2) is 46.4 Å². The molecule has 208 valence electrons. The van der Waals surface area contributed by atoms with Crippen molar-refractivity contribution in [1.29, 1.82) is 0 Å². The number of nitrogens with zero attached hydrogens (tertiary/aromatic N) is 5. The number of rotatable bonds is 8. The number of furan rings is 1. The van der Waals surface area contributed by atoms with Gasteiger partial charge in [0.2, 0.25) is 11.8 Å². The summed E-state index contributed by atoms with van der Waals surface area (Å²) in [5, 5.41) is 0.565. The fraction of sp³-hybridized carbons (Fsp3) is 0.355. The number of aromatic nitrogens is 2. The Kier molecular flexibility index (Phi) is 7.33. The van der Waals surface area contributed by atoms with Crippen molar-refractivity contribution < 1.29 is 14.0 Å². The van der Waals surface area contributed by atoms with Gasteiger partial charge in [-0.25, -0.2) is 0 Å². The summed E-state index contributed by atoms with van der Waals surface area (Å²) in [6.07, 6.45) is 5.11. The lowest BCUT2D eigenvalue weighted by atomic mass is 9.90. The molecule has 2 amide bonds. The monoisotopic (exact) mass is 541 g/mol. The van der Waals surface area contributed by atoms with Crippen LogP contribution in [0.4, 0.5) is 11.4 Å². The van der Waals surface area contributed by atoms with Crippen molar-refractivity contribution in [2.24, 2.45) is 5.41 Å². The van der Waals surface area contributed by atoms with E-state index in [1.165, 1.54) is 6.26 Å². The number of carbonyl (C=O) groups is 2. The predicted molar refractivity (Wildman–Crippen MR) is 155 cm³/mol. The molecule has 9 heteroatoms. The zero-order valence-corrected chi connectivity index (χ0v) is 23.7. The Balaban J connectivity index is 1.45. The quantitative estimate of drug-likeness (QED) is 0.308. The molecule has 1 aromatic carbocycles. The number of amides is 2. The average Bonchev–Trinajstić information content (AvgIpc) is 3.41. The molecule has 5 rings (SSSR count). The molecule has 0 saturated carbocycles. The Labute approximate surface area is 233 Å². The van der Waals surface area contributed by atoms with Gasteiger partial charge in [-0.1, -0.05) is 6.07 Å². The van der Waals surface area contributed by atoms with Crippen molar-refractivity contribution in [2.45, 2.75) is 47.3 Å². The normalized spacial score (nSPS) is 15.2. The Hall–Kier alpha value is -4.24. The van der Waals surface area contributed by atoms with E-state index in [1.54, 1.807) is 53.7 Å². The SMILES string of the molecule is CCN1C(=O)C(C)(C)C(=O)N(C)c2cc(CN(CCn3ccc4occc4c3=O)Cc3ccnc(C)c3)ccc21. The molecule has 0 radical (unpaired) electrons. The Bertz CT molecular complexity index is 1640. The summed E-state index contributed by atoms with van der Waals surface area (Å²) in [4.78, 5) is 49.4. The first-order chi connectivity index (χ1) is 19.1. The van der Waals surface area contributed by atoms with E-state index < -0.39 is 5.41 Å². The van der Waals surface area contributed by atoms with Crippen LogP contribution in [0, 0.1) is 12.3 Å². The van der Waals surface area contributed by atoms with Crippen LogP contribution in [-0.2, 0) is 29.2 Å². The summed E-state index contributed by atoms with van der Waals surface area (Å²) in [5.41, 5.74) is 3.86. The molecular formula is C31H35N5O4. The Morgan fingerprint density at radius 1 is 0.950 bits per heavy atom. The highest BCUT2D eigenvalue weighted by Crippen LogP contribution is 2.39. The zero-order valence-electron chi connectivity index (χ0n) is 23.7. The predicted octanol–water partition coefficient (Wildman–Crippen LogP) is 4.36. The standard InChI is InChI=1S/C31H35N5O4/c1-6-36-25-8-7-22(18-26(25)33(5)29(38)31(3,4)30(36)39)19-34(20-23-9-12-32-21(2)17-23)14-15-35-13-10-27-24(28(35)37)11-16-40-27/h7-13,16-18H,6,14-15,19-20H2,1-5H3. The smallest absolute Gasteiger partial charge is 0.261 e. The molecule has 0 spiro atoms. The van der Waals surface area contributed by atoms with Gasteiger partial charge in [0, 0.05) is 57.9 Å². The molecule has 4 aromatic rings. The molecule has 0 N–H and O–H groups in total. The van der Waals surface area contributed by atoms with Crippen molar-refractivity contribution in [3.05, 3.63) is 88.3 Å². The minimum Gasteiger partial charge on any atom is -0.464 e. The van der Waals surface area contributed by atoms with Crippen LogP contribution in [0.3, 0.4) is 0 Å². The number of hydrogen-bond donors (Lipinski definition) is 0. The van der Waals surface area contributed by atoms with E-state index >= 15 is 0 Å². The van der Waals surface area contributed by atoms with Gasteiger partial charge in [-0.2, -0.15) is 0 Å². The lowest BCUT2D eigenvalue weighted by molar-refractivity contribution is -0.137. The molecule has 1 aliphatic rings. The van der Waals surface area contributed by atoms with Crippen LogP contribution in [0.25, 0.3) is 11.0 Å². The lowest BCUT2D eigenvalue weighted by Crippen LogP contribution is -2.47. The van der Waals surface area contributed by atoms with Crippen LogP contribution in [0.1, 0.15) is 37.6 Å². The first-order valence-corrected chi connectivity index (χ1v) is 13.5. The van der Waals surface area contributed by atoms with E-state index in [4.69, 9.17) is 4.42 Å². The van der Waals surface area contributed by atoms with Crippen molar-refractivity contribution in [1.82, 2.24) is 14.5 Å². The molecule has 9 nitrogen and oxygen atoms in total. The maximum Gasteiger partial charge on any atom is 0.261 e. The van der Waals surface area contributed by atoms with E-state index in [0.717, 1.165) is 22.5 Å². The first kappa shape index (κ1) is 27.3. The maximum absolute atomic E-state index is 13.3. The van der Waals surface area contributed by atoms with Gasteiger partial charge in [0.15, 0.2) is 0 Å². The van der Waals surface area contributed by atoms with Crippen LogP contribution in [0.15, 0.2) is 70.3 Å². The minimum atomic E-state index is -1.15. The molecule has 40 heavy (non-hydrogen) atoms. The number of benzene rings is 1. The summed E-state index contributed by atoms with van der Waals surface area (Å²) in [7, 11) is 1.73. The molecule has 0 fully saturated rings. The highest BCUT2D eigenvalue weighted by Gasteiger charge is 2.45. The fourth-order valence-corrected chi connectivity index (χ4v) is 5.41. The second-order valence-corrected chi connectivity index (χ2v) is 10.9. The molecule has 0 bridgehead atoms. The third-order valence-corrected chi connectivity index (χ3v) is 7.65. The van der Waals surface area contributed by atoms with Crippen molar-refractivity contribution >= 4 is 34.2 Å². The van der Waals surface area contributed by atoms with E-state index in [-0.39, 0.29) is 17.4 Å². The van der Waals surface area contributed by atoms with Crippen LogP contribution in [0.2, 0.25) is 0 Å². The third kappa shape index (κ3) is 5.04. The molecule has 0 aliphatic carbocycles. The van der Waals surface area contributed by atoms with E-state index in [9.17, 15) is 14.4 Å². The van der Waals surface area contributed by atoms with Gasteiger partial charge in [0.05, 0.1) is 23.0 Å². The van der Waals surface area contributed by atoms with Gasteiger partial charge in [0.25, 0.3) is 5.56 Å². The third-order valence-electron chi connectivity index (χ3n) is 7.65. The number of pyridine rings is 2. The summed E-state index contributed by atoms with van der Waals surface area (Å²) in [6.45, 7) is 10.1. The minimum absolute atomic E-state index is 0.0805. The van der Waals surface area contributed by atoms with Gasteiger partial charge in [-0.3, -0.25) is 24.3 Å². The summed E-state index contributed by atoms with van der Waals surface area (Å²) < 4.78 is 7.08. The molecule has 0 atom stereocenters. The molecule has 0 unspecified atom stereocenters. The van der Waals surface area contributed by atoms with Crippen LogP contribution >= 0.6 is 0 Å². The molecule has 1 aliphatic heterocycles. The van der Waals surface area contributed by atoms with Gasteiger partial charge >= 0.3 is 0 Å². The topological polar surface area (TPSA) is 91.9 Å². The Morgan fingerprint density at radius 3 is 2.42 bits per heavy atom. The number of hydrogen-bond acceptors (Lipinski definition) is 6. The first-order valence-electron chi connectivity index (χ1n) is 13.5. The fourth-order valence-electron chi connectivity index (χ4n) is 5.41. The highest BCUT2D eigenvalue weighted by molar-refractivity contribution is 6.19. The summed E-state index contributed by atoms with van der Waals surface area (Å²) in [5.74, 6) is -0.432. The van der Waals surface area contributed by atoms with E-state index in [1.807, 2.05) is 44.2 Å². The van der Waals surface area contributed by atoms with Crippen molar-refractivity contribution in [2.75, 3.05) is 29.9 Å². The van der Waals surface area contributed by atoms with Crippen LogP contribution < -0.4 is 15.4 Å². The highest BCUT2D eigenvalue weighted by atomic mass is 16.3. The number of anilines is 2. The second-order valence-electron chi connectivity index (χ2n) is 10.9. The average molecular weight is 542 g/mol. The zero-order chi connectivity index (χ0) is 28.6. The van der Waals surface area contributed by atoms with Crippen molar-refractivity contribution in [3.8, 4) is 0 Å². The van der Waals surface area contributed by atoms with Gasteiger partial charge in [-0.15, -0.1) is 0 Å². The number of fused-ring (bicyclic) bond motifs is 2. The summed E-state index contributed by atoms with van der Waals surface area (Å²) in [6, 6.07) is 13.5.